The molecular formula is C20H14Cl2N2OS. The summed E-state index contributed by atoms with van der Waals surface area (Å²) < 4.78 is 0. The standard InChI is InChI=1S/C20H14Cl2N2OS/c21-13-9-10-14(22)15(11-13)23-20(25)12-24-16-5-1-3-7-18(16)26-19-8-4-2-6-17(19)24/h1-11H,12H2,(H,23,25). The van der Waals surface area contributed by atoms with E-state index in [9.17, 15) is 4.79 Å². The van der Waals surface area contributed by atoms with E-state index in [0.29, 0.717) is 15.7 Å². The van der Waals surface area contributed by atoms with Gasteiger partial charge >= 0.3 is 0 Å². The zero-order valence-corrected chi connectivity index (χ0v) is 15.9. The van der Waals surface area contributed by atoms with Crippen molar-refractivity contribution < 1.29 is 4.79 Å². The second-order valence-corrected chi connectivity index (χ2v) is 7.72. The first-order chi connectivity index (χ1) is 12.6. The van der Waals surface area contributed by atoms with E-state index >= 15 is 0 Å². The van der Waals surface area contributed by atoms with Gasteiger partial charge in [-0.2, -0.15) is 0 Å². The van der Waals surface area contributed by atoms with E-state index in [1.807, 2.05) is 41.3 Å². The van der Waals surface area contributed by atoms with Gasteiger partial charge in [-0.15, -0.1) is 0 Å². The fraction of sp³-hybridized carbons (Fsp3) is 0.0500. The van der Waals surface area contributed by atoms with Gasteiger partial charge in [0, 0.05) is 14.8 Å². The normalized spacial score (nSPS) is 12.3. The fourth-order valence-corrected chi connectivity index (χ4v) is 4.31. The van der Waals surface area contributed by atoms with Gasteiger partial charge in [-0.1, -0.05) is 59.2 Å². The van der Waals surface area contributed by atoms with E-state index in [-0.39, 0.29) is 12.5 Å². The minimum atomic E-state index is -0.161. The monoisotopic (exact) mass is 400 g/mol. The van der Waals surface area contributed by atoms with Crippen LogP contribution >= 0.6 is 35.0 Å². The van der Waals surface area contributed by atoms with Crippen LogP contribution in [0.15, 0.2) is 76.5 Å². The Bertz CT molecular complexity index is 948. The number of hydrogen-bond acceptors (Lipinski definition) is 3. The smallest absolute Gasteiger partial charge is 0.244 e. The van der Waals surface area contributed by atoms with Crippen molar-refractivity contribution in [2.75, 3.05) is 16.8 Å². The maximum absolute atomic E-state index is 12.7. The minimum absolute atomic E-state index is 0.161. The Morgan fingerprint density at radius 2 is 1.54 bits per heavy atom. The molecule has 1 aliphatic heterocycles. The molecule has 1 heterocycles. The van der Waals surface area contributed by atoms with Gasteiger partial charge in [0.25, 0.3) is 0 Å². The number of nitrogens with one attached hydrogen (secondary N) is 1. The molecular weight excluding hydrogens is 387 g/mol. The molecule has 0 saturated carbocycles. The number of halogens is 2. The van der Waals surface area contributed by atoms with Crippen molar-refractivity contribution in [3.05, 3.63) is 76.8 Å². The van der Waals surface area contributed by atoms with E-state index in [1.54, 1.807) is 30.0 Å². The number of hydrogen-bond donors (Lipinski definition) is 1. The molecule has 1 N–H and O–H groups in total. The Morgan fingerprint density at radius 1 is 0.923 bits per heavy atom. The summed E-state index contributed by atoms with van der Waals surface area (Å²) in [6, 6.07) is 21.1. The highest BCUT2D eigenvalue weighted by molar-refractivity contribution is 7.99. The van der Waals surface area contributed by atoms with Gasteiger partial charge in [0.2, 0.25) is 5.91 Å². The molecule has 1 aliphatic rings. The summed E-state index contributed by atoms with van der Waals surface area (Å²) in [5.41, 5.74) is 2.55. The third-order valence-electron chi connectivity index (χ3n) is 4.04. The predicted molar refractivity (Wildman–Crippen MR) is 109 cm³/mol. The third-order valence-corrected chi connectivity index (χ3v) is 5.73. The van der Waals surface area contributed by atoms with Gasteiger partial charge in [-0.05, 0) is 42.5 Å². The van der Waals surface area contributed by atoms with Crippen LogP contribution < -0.4 is 10.2 Å². The van der Waals surface area contributed by atoms with E-state index in [0.717, 1.165) is 21.2 Å². The second-order valence-electron chi connectivity index (χ2n) is 5.80. The number of amides is 1. The zero-order valence-electron chi connectivity index (χ0n) is 13.6. The molecule has 1 amide bonds. The summed E-state index contributed by atoms with van der Waals surface area (Å²) in [4.78, 5) is 17.0. The number of rotatable bonds is 3. The van der Waals surface area contributed by atoms with E-state index in [1.165, 1.54) is 0 Å². The maximum Gasteiger partial charge on any atom is 0.244 e. The number of anilines is 3. The number of fused-ring (bicyclic) bond motifs is 2. The van der Waals surface area contributed by atoms with Gasteiger partial charge < -0.3 is 10.2 Å². The highest BCUT2D eigenvalue weighted by Gasteiger charge is 2.24. The van der Waals surface area contributed by atoms with Crippen molar-refractivity contribution in [1.29, 1.82) is 0 Å². The lowest BCUT2D eigenvalue weighted by molar-refractivity contribution is -0.114. The van der Waals surface area contributed by atoms with Gasteiger partial charge in [0.15, 0.2) is 0 Å². The summed E-state index contributed by atoms with van der Waals surface area (Å²) in [6.45, 7) is 0.178. The molecule has 3 aromatic rings. The molecule has 0 saturated heterocycles. The van der Waals surface area contributed by atoms with Crippen LogP contribution in [0, 0.1) is 0 Å². The topological polar surface area (TPSA) is 32.3 Å². The van der Waals surface area contributed by atoms with Crippen LogP contribution in [0.5, 0.6) is 0 Å². The quantitative estimate of drug-likeness (QED) is 0.564. The number of carbonyl (C=O) groups excluding carboxylic acids is 1. The Labute approximate surface area is 165 Å². The molecule has 0 spiro atoms. The lowest BCUT2D eigenvalue weighted by Gasteiger charge is -2.32. The van der Waals surface area contributed by atoms with Crippen LogP contribution in [0.25, 0.3) is 0 Å². The van der Waals surface area contributed by atoms with Crippen LogP contribution in [-0.4, -0.2) is 12.5 Å². The fourth-order valence-electron chi connectivity index (χ4n) is 2.88. The van der Waals surface area contributed by atoms with Crippen molar-refractivity contribution in [3.63, 3.8) is 0 Å². The summed E-state index contributed by atoms with van der Waals surface area (Å²) in [7, 11) is 0. The first-order valence-electron chi connectivity index (χ1n) is 8.00. The van der Waals surface area contributed by atoms with Crippen LogP contribution in [0.1, 0.15) is 0 Å². The van der Waals surface area contributed by atoms with E-state index < -0.39 is 0 Å². The highest BCUT2D eigenvalue weighted by atomic mass is 35.5. The molecule has 0 unspecified atom stereocenters. The number of carbonyl (C=O) groups is 1. The Morgan fingerprint density at radius 3 is 2.19 bits per heavy atom. The van der Waals surface area contributed by atoms with E-state index in [2.05, 4.69) is 17.4 Å². The Kier molecular flexibility index (Phi) is 4.81. The first kappa shape index (κ1) is 17.3. The molecule has 0 radical (unpaired) electrons. The number of benzene rings is 3. The van der Waals surface area contributed by atoms with Crippen molar-refractivity contribution in [3.8, 4) is 0 Å². The van der Waals surface area contributed by atoms with E-state index in [4.69, 9.17) is 23.2 Å². The maximum atomic E-state index is 12.7. The van der Waals surface area contributed by atoms with Gasteiger partial charge in [0.05, 0.1) is 22.1 Å². The molecule has 6 heteroatoms. The molecule has 130 valence electrons. The van der Waals surface area contributed by atoms with Gasteiger partial charge in [-0.25, -0.2) is 0 Å². The summed E-state index contributed by atoms with van der Waals surface area (Å²) in [5.74, 6) is -0.161. The first-order valence-corrected chi connectivity index (χ1v) is 9.57. The molecule has 0 bridgehead atoms. The number of para-hydroxylation sites is 2. The molecule has 0 atom stereocenters. The molecule has 3 aromatic carbocycles. The number of nitrogens with zero attached hydrogens (tertiary/aromatic N) is 1. The Hall–Kier alpha value is -2.14. The van der Waals surface area contributed by atoms with Crippen molar-refractivity contribution in [1.82, 2.24) is 0 Å². The lowest BCUT2D eigenvalue weighted by atomic mass is 10.2. The van der Waals surface area contributed by atoms with Gasteiger partial charge in [-0.3, -0.25) is 4.79 Å². The second kappa shape index (κ2) is 7.23. The zero-order chi connectivity index (χ0) is 18.1. The highest BCUT2D eigenvalue weighted by Crippen LogP contribution is 2.47. The van der Waals surface area contributed by atoms with Crippen molar-refractivity contribution >= 4 is 57.9 Å². The summed E-state index contributed by atoms with van der Waals surface area (Å²) in [5, 5.41) is 3.84. The summed E-state index contributed by atoms with van der Waals surface area (Å²) >= 11 is 13.9. The van der Waals surface area contributed by atoms with Gasteiger partial charge in [0.1, 0.15) is 6.54 Å². The summed E-state index contributed by atoms with van der Waals surface area (Å²) in [6.07, 6.45) is 0. The lowest BCUT2D eigenvalue weighted by Crippen LogP contribution is -2.31. The molecule has 0 aromatic heterocycles. The Balaban J connectivity index is 1.63. The predicted octanol–water partition coefficient (Wildman–Crippen LogP) is 6.23. The largest absolute Gasteiger partial charge is 0.330 e. The molecule has 4 rings (SSSR count). The van der Waals surface area contributed by atoms with Crippen LogP contribution in [0.4, 0.5) is 17.1 Å². The molecule has 0 aliphatic carbocycles. The molecule has 26 heavy (non-hydrogen) atoms. The molecule has 0 fully saturated rings. The SMILES string of the molecule is O=C(CN1c2ccccc2Sc2ccccc21)Nc1cc(Cl)ccc1Cl. The average Bonchev–Trinajstić information content (AvgIpc) is 2.64. The van der Waals surface area contributed by atoms with Crippen molar-refractivity contribution in [2.45, 2.75) is 9.79 Å². The third kappa shape index (κ3) is 3.40. The average molecular weight is 401 g/mol. The van der Waals surface area contributed by atoms with Crippen LogP contribution in [0.2, 0.25) is 10.0 Å². The molecule has 3 nitrogen and oxygen atoms in total. The van der Waals surface area contributed by atoms with Crippen molar-refractivity contribution in [2.24, 2.45) is 0 Å². The minimum Gasteiger partial charge on any atom is -0.330 e. The van der Waals surface area contributed by atoms with Crippen LogP contribution in [-0.2, 0) is 4.79 Å². The van der Waals surface area contributed by atoms with Crippen LogP contribution in [0.3, 0.4) is 0 Å².